The minimum Gasteiger partial charge on any atom is -0.310 e. The lowest BCUT2D eigenvalue weighted by atomic mass is 9.86. The van der Waals surface area contributed by atoms with E-state index in [0.29, 0.717) is 5.02 Å². The van der Waals surface area contributed by atoms with Crippen LogP contribution >= 0.6 is 11.6 Å². The lowest BCUT2D eigenvalue weighted by Gasteiger charge is -2.35. The second kappa shape index (κ2) is 18.3. The van der Waals surface area contributed by atoms with Crippen LogP contribution in [-0.2, 0) is 21.7 Å². The lowest BCUT2D eigenvalue weighted by Crippen LogP contribution is -2.37. The first-order chi connectivity index (χ1) is 30.8. The fourth-order valence-electron chi connectivity index (χ4n) is 8.47. The zero-order chi connectivity index (χ0) is 48.0. The summed E-state index contributed by atoms with van der Waals surface area (Å²) in [6.45, 7) is 34.4. The molecule has 0 radical (unpaired) electrons. The topological polar surface area (TPSA) is 9.72 Å². The van der Waals surface area contributed by atoms with Crippen LogP contribution < -0.4 is 19.9 Å². The molecule has 0 amide bonds. The van der Waals surface area contributed by atoms with Gasteiger partial charge in [-0.15, -0.1) is 0 Å². The smallest absolute Gasteiger partial charge is 0.0888 e. The summed E-state index contributed by atoms with van der Waals surface area (Å²) in [4.78, 5) is 7.06. The Morgan fingerprint density at radius 3 is 0.848 bits per heavy atom. The first-order valence-corrected chi connectivity index (χ1v) is 27.5. The van der Waals surface area contributed by atoms with Crippen molar-refractivity contribution in [1.82, 2.24) is 0 Å². The number of anilines is 9. The number of hydrogen-bond acceptors (Lipinski definition) is 3. The van der Waals surface area contributed by atoms with Crippen LogP contribution in [0.15, 0.2) is 164 Å². The molecule has 7 aromatic rings. The molecule has 7 aromatic carbocycles. The van der Waals surface area contributed by atoms with Gasteiger partial charge >= 0.3 is 0 Å². The van der Waals surface area contributed by atoms with E-state index < -0.39 is 8.07 Å². The summed E-state index contributed by atoms with van der Waals surface area (Å²) in [5.41, 5.74) is 14.0. The van der Waals surface area contributed by atoms with Gasteiger partial charge < -0.3 is 14.7 Å². The molecule has 0 aliphatic heterocycles. The molecule has 3 nitrogen and oxygen atoms in total. The van der Waals surface area contributed by atoms with Gasteiger partial charge in [0.1, 0.15) is 0 Å². The van der Waals surface area contributed by atoms with Gasteiger partial charge in [0.2, 0.25) is 0 Å². The molecule has 5 heteroatoms. The zero-order valence-electron chi connectivity index (χ0n) is 42.3. The quantitative estimate of drug-likeness (QED) is 0.127. The van der Waals surface area contributed by atoms with Gasteiger partial charge in [-0.1, -0.05) is 198 Å². The summed E-state index contributed by atoms with van der Waals surface area (Å²) in [5, 5.41) is 2.06. The van der Waals surface area contributed by atoms with Crippen molar-refractivity contribution in [3.05, 3.63) is 191 Å². The van der Waals surface area contributed by atoms with Gasteiger partial charge in [0.25, 0.3) is 0 Å². The maximum Gasteiger partial charge on any atom is 0.0888 e. The van der Waals surface area contributed by atoms with Crippen LogP contribution in [0, 0.1) is 0 Å². The molecule has 0 saturated carbocycles. The van der Waals surface area contributed by atoms with Crippen LogP contribution in [0.2, 0.25) is 24.7 Å². The van der Waals surface area contributed by atoms with Gasteiger partial charge in [-0.05, 0) is 129 Å². The number of para-hydroxylation sites is 1. The normalized spacial score (nSPS) is 12.5. The molecule has 0 unspecified atom stereocenters. The molecule has 0 aliphatic rings. The number of halogens is 1. The third kappa shape index (κ3) is 10.7. The lowest BCUT2D eigenvalue weighted by molar-refractivity contribution is 0.590. The average Bonchev–Trinajstić information content (AvgIpc) is 3.25. The van der Waals surface area contributed by atoms with Crippen molar-refractivity contribution in [3.8, 4) is 0 Å². The van der Waals surface area contributed by atoms with E-state index in [0.717, 1.165) is 51.2 Å². The second-order valence-corrected chi connectivity index (χ2v) is 28.6. The van der Waals surface area contributed by atoms with Crippen molar-refractivity contribution < 1.29 is 0 Å². The molecule has 0 atom stereocenters. The molecule has 0 bridgehead atoms. The van der Waals surface area contributed by atoms with E-state index in [2.05, 4.69) is 281 Å². The van der Waals surface area contributed by atoms with Gasteiger partial charge in [0.15, 0.2) is 0 Å². The Balaban J connectivity index is 1.59. The molecule has 342 valence electrons. The Morgan fingerprint density at radius 1 is 0.318 bits per heavy atom. The summed E-state index contributed by atoms with van der Waals surface area (Å²) in [6.07, 6.45) is 0. The number of rotatable bonds is 10. The predicted molar refractivity (Wildman–Crippen MR) is 293 cm³/mol. The number of benzene rings is 7. The van der Waals surface area contributed by atoms with Crippen LogP contribution in [0.3, 0.4) is 0 Å². The fraction of sp³-hybridized carbons (Fsp3) is 0.311. The number of nitrogens with zero attached hydrogens (tertiary/aromatic N) is 3. The summed E-state index contributed by atoms with van der Waals surface area (Å²) < 4.78 is 0. The van der Waals surface area contributed by atoms with Gasteiger partial charge in [-0.3, -0.25) is 0 Å². The maximum atomic E-state index is 8.16. The Labute approximate surface area is 404 Å². The molecule has 0 aliphatic carbocycles. The van der Waals surface area contributed by atoms with Crippen molar-refractivity contribution in [2.24, 2.45) is 0 Å². The minimum absolute atomic E-state index is 0.00472. The molecule has 0 aromatic heterocycles. The first kappa shape index (κ1) is 48.4. The van der Waals surface area contributed by atoms with Gasteiger partial charge in [-0.25, -0.2) is 0 Å². The molecular formula is C61H72ClN3Si. The highest BCUT2D eigenvalue weighted by atomic mass is 35.5. The molecule has 0 heterocycles. The standard InChI is InChI=1S/C61H72ClN3Si/c1-58(2,3)43-21-29-49(30-22-43)64(50-31-23-44(24-32-50)59(4,5)6)55-41-53(63(47-19-17-16-18-20-47)48-37-39-54(40-38-48)66(13,14)15)42-56(57(55)62)65(51-33-25-45(26-34-51)60(7,8)9)52-35-27-46(28-36-52)61(10,11)12/h16-42H,1-15H3. The first-order valence-electron chi connectivity index (χ1n) is 23.6. The largest absolute Gasteiger partial charge is 0.310 e. The van der Waals surface area contributed by atoms with Crippen molar-refractivity contribution >= 4 is 76.0 Å². The highest BCUT2D eigenvalue weighted by Gasteiger charge is 2.28. The van der Waals surface area contributed by atoms with E-state index in [1.54, 1.807) is 0 Å². The molecule has 0 spiro atoms. The Morgan fingerprint density at radius 2 is 0.576 bits per heavy atom. The minimum atomic E-state index is -1.57. The van der Waals surface area contributed by atoms with E-state index in [1.165, 1.54) is 27.4 Å². The Bertz CT molecular complexity index is 2470. The number of hydrogen-bond donors (Lipinski definition) is 0. The SMILES string of the molecule is CC(C)(C)c1ccc(N(c2ccc(C(C)(C)C)cc2)c2cc(N(c3ccccc3)c3ccc([Si](C)(C)C)cc3)cc(N(c3ccc(C(C)(C)C)cc3)c3ccc(C(C)(C)C)cc3)c2Cl)cc1. The van der Waals surface area contributed by atoms with Crippen molar-refractivity contribution in [2.75, 3.05) is 14.7 Å². The molecule has 7 rings (SSSR count). The van der Waals surface area contributed by atoms with E-state index in [4.69, 9.17) is 11.6 Å². The molecule has 0 N–H and O–H groups in total. The van der Waals surface area contributed by atoms with Crippen LogP contribution in [0.4, 0.5) is 51.2 Å². The van der Waals surface area contributed by atoms with E-state index in [9.17, 15) is 0 Å². The van der Waals surface area contributed by atoms with Gasteiger partial charge in [-0.2, -0.15) is 0 Å². The van der Waals surface area contributed by atoms with Crippen molar-refractivity contribution in [2.45, 2.75) is 124 Å². The van der Waals surface area contributed by atoms with E-state index in [1.807, 2.05) is 0 Å². The van der Waals surface area contributed by atoms with E-state index >= 15 is 0 Å². The zero-order valence-corrected chi connectivity index (χ0v) is 44.1. The third-order valence-corrected chi connectivity index (χ3v) is 15.2. The molecule has 0 fully saturated rings. The van der Waals surface area contributed by atoms with Gasteiger partial charge in [0.05, 0.1) is 30.2 Å². The fourth-order valence-corrected chi connectivity index (χ4v) is 9.91. The second-order valence-electron chi connectivity index (χ2n) is 23.1. The molecule has 0 saturated heterocycles. The summed E-state index contributed by atoms with van der Waals surface area (Å²) in [7, 11) is -1.57. The summed E-state index contributed by atoms with van der Waals surface area (Å²) in [6, 6.07) is 60.6. The van der Waals surface area contributed by atoms with Crippen LogP contribution in [-0.4, -0.2) is 8.07 Å². The van der Waals surface area contributed by atoms with Crippen molar-refractivity contribution in [3.63, 3.8) is 0 Å². The third-order valence-electron chi connectivity index (χ3n) is 12.7. The van der Waals surface area contributed by atoms with E-state index in [-0.39, 0.29) is 21.7 Å². The monoisotopic (exact) mass is 910 g/mol. The van der Waals surface area contributed by atoms with Crippen LogP contribution in [0.5, 0.6) is 0 Å². The highest BCUT2D eigenvalue weighted by Crippen LogP contribution is 2.51. The van der Waals surface area contributed by atoms with Crippen molar-refractivity contribution in [1.29, 1.82) is 0 Å². The Hall–Kier alpha value is -5.55. The molecule has 66 heavy (non-hydrogen) atoms. The van der Waals surface area contributed by atoms with Crippen LogP contribution in [0.25, 0.3) is 0 Å². The highest BCUT2D eigenvalue weighted by molar-refractivity contribution is 6.88. The average molecular weight is 911 g/mol. The van der Waals surface area contributed by atoms with Gasteiger partial charge in [0, 0.05) is 34.1 Å². The Kier molecular flexibility index (Phi) is 13.4. The maximum absolute atomic E-state index is 8.16. The predicted octanol–water partition coefficient (Wildman–Crippen LogP) is 18.5. The summed E-state index contributed by atoms with van der Waals surface area (Å²) in [5.74, 6) is 0. The van der Waals surface area contributed by atoms with Crippen LogP contribution in [0.1, 0.15) is 105 Å². The molecular weight excluding hydrogens is 838 g/mol. The summed E-state index contributed by atoms with van der Waals surface area (Å²) >= 11 is 8.16.